The molecule has 1 atom stereocenters. The van der Waals surface area contributed by atoms with Crippen LogP contribution in [0.25, 0.3) is 0 Å². The molecule has 1 aromatic rings. The Bertz CT molecular complexity index is 644. The fourth-order valence-electron chi connectivity index (χ4n) is 3.30. The third kappa shape index (κ3) is 3.18. The van der Waals surface area contributed by atoms with Gasteiger partial charge in [-0.2, -0.15) is 0 Å². The number of cyclic esters (lactones) is 1. The summed E-state index contributed by atoms with van der Waals surface area (Å²) in [6, 6.07) is 5.59. The van der Waals surface area contributed by atoms with Gasteiger partial charge in [0.1, 0.15) is 12.4 Å². The second kappa shape index (κ2) is 6.71. The van der Waals surface area contributed by atoms with Crippen molar-refractivity contribution < 1.29 is 19.1 Å². The Morgan fingerprint density at radius 2 is 2.21 bits per heavy atom. The van der Waals surface area contributed by atoms with Crippen LogP contribution in [0.4, 0.5) is 10.5 Å². The molecule has 0 aromatic heterocycles. The van der Waals surface area contributed by atoms with Crippen molar-refractivity contribution >= 4 is 17.7 Å². The SMILES string of the molecule is COc1ccc2c(c1)CN(C(=O)CC(C)C)CC[C@H]1COC(=O)N21. The van der Waals surface area contributed by atoms with E-state index < -0.39 is 0 Å². The molecule has 2 aliphatic rings. The third-order valence-electron chi connectivity index (χ3n) is 4.54. The molecule has 2 heterocycles. The number of rotatable bonds is 3. The molecule has 130 valence electrons. The van der Waals surface area contributed by atoms with Gasteiger partial charge in [0.05, 0.1) is 18.8 Å². The molecule has 1 fully saturated rings. The molecule has 1 saturated heterocycles. The number of ether oxygens (including phenoxy) is 2. The molecule has 6 nitrogen and oxygen atoms in total. The Morgan fingerprint density at radius 1 is 1.42 bits per heavy atom. The van der Waals surface area contributed by atoms with E-state index in [1.54, 1.807) is 12.0 Å². The van der Waals surface area contributed by atoms with Crippen LogP contribution in [0.1, 0.15) is 32.3 Å². The van der Waals surface area contributed by atoms with Gasteiger partial charge in [-0.25, -0.2) is 4.79 Å². The number of fused-ring (bicyclic) bond motifs is 3. The number of anilines is 1. The zero-order valence-corrected chi connectivity index (χ0v) is 14.4. The molecule has 1 aromatic carbocycles. The van der Waals surface area contributed by atoms with E-state index in [1.807, 2.05) is 36.9 Å². The van der Waals surface area contributed by atoms with Crippen LogP contribution in [0.5, 0.6) is 5.75 Å². The van der Waals surface area contributed by atoms with Gasteiger partial charge in [-0.15, -0.1) is 0 Å². The van der Waals surface area contributed by atoms with Gasteiger partial charge in [0.25, 0.3) is 0 Å². The standard InChI is InChI=1S/C18H24N2O4/c1-12(2)8-17(21)19-7-6-14-11-24-18(22)20(14)16-5-4-15(23-3)9-13(16)10-19/h4-5,9,12,14H,6-8,10-11H2,1-3H3/t14-/m0/s1. The Hall–Kier alpha value is -2.24. The minimum atomic E-state index is -0.312. The average Bonchev–Trinajstić information content (AvgIpc) is 2.88. The molecule has 0 N–H and O–H groups in total. The van der Waals surface area contributed by atoms with E-state index in [4.69, 9.17) is 9.47 Å². The van der Waals surface area contributed by atoms with Crippen molar-refractivity contribution in [3.63, 3.8) is 0 Å². The Morgan fingerprint density at radius 3 is 2.92 bits per heavy atom. The van der Waals surface area contributed by atoms with E-state index in [1.165, 1.54) is 0 Å². The van der Waals surface area contributed by atoms with E-state index in [-0.39, 0.29) is 18.0 Å². The van der Waals surface area contributed by atoms with Crippen LogP contribution in [-0.2, 0) is 16.1 Å². The minimum Gasteiger partial charge on any atom is -0.497 e. The quantitative estimate of drug-likeness (QED) is 0.854. The number of nitrogens with zero attached hydrogens (tertiary/aromatic N) is 2. The van der Waals surface area contributed by atoms with Crippen LogP contribution in [0.3, 0.4) is 0 Å². The van der Waals surface area contributed by atoms with Crippen molar-refractivity contribution in [2.24, 2.45) is 5.92 Å². The van der Waals surface area contributed by atoms with Gasteiger partial charge >= 0.3 is 6.09 Å². The van der Waals surface area contributed by atoms with Gasteiger partial charge in [0.2, 0.25) is 5.91 Å². The monoisotopic (exact) mass is 332 g/mol. The summed E-state index contributed by atoms with van der Waals surface area (Å²) < 4.78 is 10.5. The zero-order chi connectivity index (χ0) is 17.3. The molecule has 6 heteroatoms. The van der Waals surface area contributed by atoms with Gasteiger partial charge in [0.15, 0.2) is 0 Å². The second-order valence-corrected chi connectivity index (χ2v) is 6.80. The summed E-state index contributed by atoms with van der Waals surface area (Å²) >= 11 is 0. The van der Waals surface area contributed by atoms with Crippen molar-refractivity contribution in [2.45, 2.75) is 39.3 Å². The van der Waals surface area contributed by atoms with Gasteiger partial charge in [0, 0.05) is 19.5 Å². The number of methoxy groups -OCH3 is 1. The lowest BCUT2D eigenvalue weighted by Crippen LogP contribution is -2.42. The topological polar surface area (TPSA) is 59.1 Å². The van der Waals surface area contributed by atoms with E-state index in [0.29, 0.717) is 32.0 Å². The van der Waals surface area contributed by atoms with Gasteiger partial charge in [-0.1, -0.05) is 13.8 Å². The second-order valence-electron chi connectivity index (χ2n) is 6.80. The highest BCUT2D eigenvalue weighted by Crippen LogP contribution is 2.34. The first-order valence-electron chi connectivity index (χ1n) is 8.40. The fourth-order valence-corrected chi connectivity index (χ4v) is 3.30. The normalized spacial score (nSPS) is 20.2. The Balaban J connectivity index is 1.96. The lowest BCUT2D eigenvalue weighted by atomic mass is 10.0. The largest absolute Gasteiger partial charge is 0.497 e. The maximum Gasteiger partial charge on any atom is 0.414 e. The molecule has 0 saturated carbocycles. The molecule has 24 heavy (non-hydrogen) atoms. The first-order chi connectivity index (χ1) is 11.5. The van der Waals surface area contributed by atoms with Crippen LogP contribution >= 0.6 is 0 Å². The smallest absolute Gasteiger partial charge is 0.414 e. The highest BCUT2D eigenvalue weighted by atomic mass is 16.6. The van der Waals surface area contributed by atoms with Crippen LogP contribution in [0, 0.1) is 5.92 Å². The van der Waals surface area contributed by atoms with E-state index >= 15 is 0 Å². The number of benzene rings is 1. The average molecular weight is 332 g/mol. The zero-order valence-electron chi connectivity index (χ0n) is 14.4. The number of hydrogen-bond donors (Lipinski definition) is 0. The minimum absolute atomic E-state index is 0.0284. The predicted octanol–water partition coefficient (Wildman–Crippen LogP) is 2.80. The summed E-state index contributed by atoms with van der Waals surface area (Å²) in [6.45, 7) is 5.57. The van der Waals surface area contributed by atoms with E-state index in [0.717, 1.165) is 23.4 Å². The third-order valence-corrected chi connectivity index (χ3v) is 4.54. The predicted molar refractivity (Wildman–Crippen MR) is 90.1 cm³/mol. The summed E-state index contributed by atoms with van der Waals surface area (Å²) in [5.41, 5.74) is 1.72. The molecule has 0 bridgehead atoms. The summed E-state index contributed by atoms with van der Waals surface area (Å²) in [5, 5.41) is 0. The number of hydrogen-bond acceptors (Lipinski definition) is 4. The highest BCUT2D eigenvalue weighted by molar-refractivity contribution is 5.91. The Labute approximate surface area is 142 Å². The van der Waals surface area contributed by atoms with Crippen LogP contribution in [0.2, 0.25) is 0 Å². The van der Waals surface area contributed by atoms with Crippen molar-refractivity contribution in [2.75, 3.05) is 25.2 Å². The molecule has 0 aliphatic carbocycles. The summed E-state index contributed by atoms with van der Waals surface area (Å²) in [6.07, 6.45) is 0.942. The number of carbonyl (C=O) groups excluding carboxylic acids is 2. The molecule has 0 spiro atoms. The van der Waals surface area contributed by atoms with Gasteiger partial charge in [-0.3, -0.25) is 9.69 Å². The maximum absolute atomic E-state index is 12.6. The van der Waals surface area contributed by atoms with Crippen molar-refractivity contribution in [3.8, 4) is 5.75 Å². The van der Waals surface area contributed by atoms with Gasteiger partial charge < -0.3 is 14.4 Å². The Kier molecular flexibility index (Phi) is 4.64. The molecule has 2 amide bonds. The van der Waals surface area contributed by atoms with Crippen molar-refractivity contribution in [1.82, 2.24) is 4.90 Å². The first kappa shape index (κ1) is 16.6. The first-order valence-corrected chi connectivity index (χ1v) is 8.40. The lowest BCUT2D eigenvalue weighted by molar-refractivity contribution is -0.132. The van der Waals surface area contributed by atoms with E-state index in [2.05, 4.69) is 0 Å². The van der Waals surface area contributed by atoms with Crippen LogP contribution in [-0.4, -0.2) is 43.2 Å². The fraction of sp³-hybridized carbons (Fsp3) is 0.556. The number of amides is 2. The molecule has 0 radical (unpaired) electrons. The molecule has 3 rings (SSSR count). The molecular formula is C18H24N2O4. The molecule has 0 unspecified atom stereocenters. The van der Waals surface area contributed by atoms with Crippen molar-refractivity contribution in [3.05, 3.63) is 23.8 Å². The van der Waals surface area contributed by atoms with Crippen LogP contribution < -0.4 is 9.64 Å². The van der Waals surface area contributed by atoms with E-state index in [9.17, 15) is 9.59 Å². The highest BCUT2D eigenvalue weighted by Gasteiger charge is 2.37. The molecular weight excluding hydrogens is 308 g/mol. The van der Waals surface area contributed by atoms with Gasteiger partial charge in [-0.05, 0) is 36.1 Å². The van der Waals surface area contributed by atoms with Crippen LogP contribution in [0.15, 0.2) is 18.2 Å². The maximum atomic E-state index is 12.6. The number of carbonyl (C=O) groups is 2. The summed E-state index contributed by atoms with van der Waals surface area (Å²) in [5.74, 6) is 1.19. The molecule has 2 aliphatic heterocycles. The summed E-state index contributed by atoms with van der Waals surface area (Å²) in [7, 11) is 1.61. The van der Waals surface area contributed by atoms with Crippen molar-refractivity contribution in [1.29, 1.82) is 0 Å². The lowest BCUT2D eigenvalue weighted by Gasteiger charge is -2.33. The summed E-state index contributed by atoms with van der Waals surface area (Å²) in [4.78, 5) is 28.3.